The molecule has 0 bridgehead atoms. The van der Waals surface area contributed by atoms with Gasteiger partial charge in [0.2, 0.25) is 0 Å². The number of thiophene rings is 1. The molecule has 3 nitrogen and oxygen atoms in total. The Morgan fingerprint density at radius 1 is 1.19 bits per heavy atom. The maximum Gasteiger partial charge on any atom is 0.320 e. The summed E-state index contributed by atoms with van der Waals surface area (Å²) in [6.45, 7) is 6.49. The summed E-state index contributed by atoms with van der Waals surface area (Å²) >= 11 is 1.70. The Hall–Kier alpha value is -1.65. The highest BCUT2D eigenvalue weighted by atomic mass is 32.1. The predicted molar refractivity (Wildman–Crippen MR) is 87.6 cm³/mol. The third-order valence-electron chi connectivity index (χ3n) is 3.43. The summed E-state index contributed by atoms with van der Waals surface area (Å²) in [6, 6.07) is 12.1. The van der Waals surface area contributed by atoms with Crippen molar-refractivity contribution in [3.05, 3.63) is 46.8 Å². The first-order valence-corrected chi connectivity index (χ1v) is 7.91. The van der Waals surface area contributed by atoms with Crippen LogP contribution in [0.3, 0.4) is 0 Å². The Labute approximate surface area is 129 Å². The Bertz CT molecular complexity index is 602. The van der Waals surface area contributed by atoms with Crippen LogP contribution in [0.15, 0.2) is 36.4 Å². The van der Waals surface area contributed by atoms with Crippen molar-refractivity contribution in [1.82, 2.24) is 5.32 Å². The molecule has 1 aromatic carbocycles. The summed E-state index contributed by atoms with van der Waals surface area (Å²) in [5.41, 5.74) is 2.45. The third-order valence-corrected chi connectivity index (χ3v) is 4.56. The molecule has 1 heterocycles. The molecule has 0 aliphatic heterocycles. The van der Waals surface area contributed by atoms with Gasteiger partial charge in [0, 0.05) is 16.3 Å². The summed E-state index contributed by atoms with van der Waals surface area (Å²) in [4.78, 5) is 13.5. The predicted octanol–water partition coefficient (Wildman–Crippen LogP) is 3.92. The zero-order valence-electron chi connectivity index (χ0n) is 12.6. The number of carboxylic acids is 1. The van der Waals surface area contributed by atoms with Crippen LogP contribution >= 0.6 is 11.3 Å². The number of hydrogen-bond acceptors (Lipinski definition) is 3. The van der Waals surface area contributed by atoms with Crippen molar-refractivity contribution in [3.8, 4) is 10.4 Å². The molecule has 112 valence electrons. The molecule has 0 unspecified atom stereocenters. The second kappa shape index (κ2) is 6.87. The van der Waals surface area contributed by atoms with Gasteiger partial charge in [-0.3, -0.25) is 10.1 Å². The van der Waals surface area contributed by atoms with Gasteiger partial charge in [0.1, 0.15) is 6.04 Å². The Morgan fingerprint density at radius 2 is 1.86 bits per heavy atom. The molecule has 2 rings (SSSR count). The highest BCUT2D eigenvalue weighted by Crippen LogP contribution is 2.28. The van der Waals surface area contributed by atoms with Crippen LogP contribution < -0.4 is 5.32 Å². The first-order chi connectivity index (χ1) is 9.97. The van der Waals surface area contributed by atoms with E-state index < -0.39 is 12.0 Å². The number of carboxylic acid groups (broad SMARTS) is 1. The molecule has 0 amide bonds. The lowest BCUT2D eigenvalue weighted by atomic mass is 10.1. The molecule has 2 N–H and O–H groups in total. The molecule has 4 heteroatoms. The van der Waals surface area contributed by atoms with Crippen LogP contribution in [0.25, 0.3) is 10.4 Å². The van der Waals surface area contributed by atoms with Gasteiger partial charge < -0.3 is 5.11 Å². The summed E-state index contributed by atoms with van der Waals surface area (Å²) in [6.07, 6.45) is 0. The standard InChI is InChI=1S/C17H21NO2S/c1-11(2)16(17(19)20)18-10-14-8-9-15(21-14)13-6-4-12(3)5-7-13/h4-9,11,16,18H,10H2,1-3H3,(H,19,20)/t16-/m1/s1. The van der Waals surface area contributed by atoms with E-state index >= 15 is 0 Å². The average molecular weight is 303 g/mol. The molecule has 1 aromatic heterocycles. The van der Waals surface area contributed by atoms with Crippen LogP contribution in [-0.2, 0) is 11.3 Å². The van der Waals surface area contributed by atoms with Crippen molar-refractivity contribution in [2.24, 2.45) is 5.92 Å². The fraction of sp³-hybridized carbons (Fsp3) is 0.353. The normalized spacial score (nSPS) is 12.6. The van der Waals surface area contributed by atoms with Crippen LogP contribution in [0, 0.1) is 12.8 Å². The lowest BCUT2D eigenvalue weighted by molar-refractivity contribution is -0.140. The number of benzene rings is 1. The van der Waals surface area contributed by atoms with E-state index in [0.717, 1.165) is 4.88 Å². The summed E-state index contributed by atoms with van der Waals surface area (Å²) in [5, 5.41) is 12.3. The third kappa shape index (κ3) is 4.16. The monoisotopic (exact) mass is 303 g/mol. The van der Waals surface area contributed by atoms with Gasteiger partial charge in [-0.1, -0.05) is 43.7 Å². The van der Waals surface area contributed by atoms with E-state index in [1.54, 1.807) is 11.3 Å². The molecule has 2 aromatic rings. The van der Waals surface area contributed by atoms with Crippen molar-refractivity contribution >= 4 is 17.3 Å². The molecule has 21 heavy (non-hydrogen) atoms. The van der Waals surface area contributed by atoms with E-state index in [1.807, 2.05) is 13.8 Å². The molecular weight excluding hydrogens is 282 g/mol. The van der Waals surface area contributed by atoms with E-state index in [4.69, 9.17) is 0 Å². The van der Waals surface area contributed by atoms with Gasteiger partial charge >= 0.3 is 5.97 Å². The van der Waals surface area contributed by atoms with E-state index in [0.29, 0.717) is 6.54 Å². The van der Waals surface area contributed by atoms with Crippen molar-refractivity contribution in [2.45, 2.75) is 33.4 Å². The first kappa shape index (κ1) is 15.7. The summed E-state index contributed by atoms with van der Waals surface area (Å²) in [7, 11) is 0. The molecule has 0 saturated heterocycles. The zero-order chi connectivity index (χ0) is 15.4. The quantitative estimate of drug-likeness (QED) is 0.850. The second-order valence-electron chi connectivity index (χ2n) is 5.57. The minimum Gasteiger partial charge on any atom is -0.480 e. The SMILES string of the molecule is Cc1ccc(-c2ccc(CN[C@@H](C(=O)O)C(C)C)s2)cc1. The molecule has 0 spiro atoms. The maximum atomic E-state index is 11.2. The largest absolute Gasteiger partial charge is 0.480 e. The average Bonchev–Trinajstić information content (AvgIpc) is 2.87. The van der Waals surface area contributed by atoms with Crippen molar-refractivity contribution in [1.29, 1.82) is 0 Å². The molecule has 1 atom stereocenters. The van der Waals surface area contributed by atoms with Gasteiger partial charge in [-0.2, -0.15) is 0 Å². The van der Waals surface area contributed by atoms with Gasteiger partial charge in [-0.25, -0.2) is 0 Å². The second-order valence-corrected chi connectivity index (χ2v) is 6.74. The number of carbonyl (C=O) groups is 1. The molecule has 0 fully saturated rings. The van der Waals surface area contributed by atoms with Crippen molar-refractivity contribution in [3.63, 3.8) is 0 Å². The number of aryl methyl sites for hydroxylation is 1. The van der Waals surface area contributed by atoms with Crippen molar-refractivity contribution < 1.29 is 9.90 Å². The minimum atomic E-state index is -0.791. The Morgan fingerprint density at radius 3 is 2.43 bits per heavy atom. The smallest absolute Gasteiger partial charge is 0.320 e. The summed E-state index contributed by atoms with van der Waals surface area (Å²) < 4.78 is 0. The van der Waals surface area contributed by atoms with Gasteiger partial charge in [0.05, 0.1) is 0 Å². The van der Waals surface area contributed by atoms with E-state index in [1.165, 1.54) is 16.0 Å². The zero-order valence-corrected chi connectivity index (χ0v) is 13.4. The Kier molecular flexibility index (Phi) is 5.15. The van der Waals surface area contributed by atoms with Crippen LogP contribution in [0.2, 0.25) is 0 Å². The van der Waals surface area contributed by atoms with E-state index in [-0.39, 0.29) is 5.92 Å². The van der Waals surface area contributed by atoms with Crippen LogP contribution in [0.1, 0.15) is 24.3 Å². The van der Waals surface area contributed by atoms with Crippen LogP contribution in [0.5, 0.6) is 0 Å². The Balaban J connectivity index is 2.03. The lowest BCUT2D eigenvalue weighted by Gasteiger charge is -2.17. The molecule has 0 saturated carbocycles. The fourth-order valence-electron chi connectivity index (χ4n) is 2.16. The maximum absolute atomic E-state index is 11.2. The van der Waals surface area contributed by atoms with E-state index in [9.17, 15) is 9.90 Å². The summed E-state index contributed by atoms with van der Waals surface area (Å²) in [5.74, 6) is -0.723. The van der Waals surface area contributed by atoms with Crippen LogP contribution in [-0.4, -0.2) is 17.1 Å². The highest BCUT2D eigenvalue weighted by molar-refractivity contribution is 7.15. The molecule has 0 aliphatic carbocycles. The number of nitrogens with one attached hydrogen (secondary N) is 1. The highest BCUT2D eigenvalue weighted by Gasteiger charge is 2.20. The number of aliphatic carboxylic acids is 1. The topological polar surface area (TPSA) is 49.3 Å². The van der Waals surface area contributed by atoms with Gasteiger partial charge in [-0.05, 0) is 30.5 Å². The van der Waals surface area contributed by atoms with E-state index in [2.05, 4.69) is 48.6 Å². The fourth-order valence-corrected chi connectivity index (χ4v) is 3.13. The number of hydrogen-bond donors (Lipinski definition) is 2. The molecule has 0 aliphatic rings. The van der Waals surface area contributed by atoms with Gasteiger partial charge in [-0.15, -0.1) is 11.3 Å². The number of rotatable bonds is 6. The van der Waals surface area contributed by atoms with Crippen LogP contribution in [0.4, 0.5) is 0 Å². The van der Waals surface area contributed by atoms with Gasteiger partial charge in [0.15, 0.2) is 0 Å². The lowest BCUT2D eigenvalue weighted by Crippen LogP contribution is -2.40. The molecule has 0 radical (unpaired) electrons. The van der Waals surface area contributed by atoms with Crippen molar-refractivity contribution in [2.75, 3.05) is 0 Å². The minimum absolute atomic E-state index is 0.0685. The molecular formula is C17H21NO2S. The first-order valence-electron chi connectivity index (χ1n) is 7.09. The van der Waals surface area contributed by atoms with Gasteiger partial charge in [0.25, 0.3) is 0 Å².